The van der Waals surface area contributed by atoms with Gasteiger partial charge in [0, 0.05) is 16.9 Å². The number of hydrogen-bond acceptors (Lipinski definition) is 3. The summed E-state index contributed by atoms with van der Waals surface area (Å²) in [6, 6.07) is 29.5. The summed E-state index contributed by atoms with van der Waals surface area (Å²) in [7, 11) is 1.59. The summed E-state index contributed by atoms with van der Waals surface area (Å²) in [6.07, 6.45) is 0.183. The molecule has 1 N–H and O–H groups in total. The molecule has 0 fully saturated rings. The zero-order valence-corrected chi connectivity index (χ0v) is 19.3. The van der Waals surface area contributed by atoms with E-state index in [-0.39, 0.29) is 30.6 Å². The summed E-state index contributed by atoms with van der Waals surface area (Å²) in [5, 5.41) is 2.86. The van der Waals surface area contributed by atoms with Crippen molar-refractivity contribution in [3.63, 3.8) is 0 Å². The van der Waals surface area contributed by atoms with Gasteiger partial charge in [-0.05, 0) is 71.8 Å². The van der Waals surface area contributed by atoms with Crippen LogP contribution in [0.2, 0.25) is 0 Å². The van der Waals surface area contributed by atoms with Crippen LogP contribution in [0, 0.1) is 5.82 Å². The molecule has 0 saturated carbocycles. The van der Waals surface area contributed by atoms with Gasteiger partial charge in [0.25, 0.3) is 5.91 Å². The fraction of sp³-hybridized carbons (Fsp3) is 0.103. The molecule has 0 bridgehead atoms. The van der Waals surface area contributed by atoms with Crippen molar-refractivity contribution in [1.29, 1.82) is 0 Å². The topological polar surface area (TPSA) is 58.6 Å². The lowest BCUT2D eigenvalue weighted by Crippen LogP contribution is -2.30. The Balaban J connectivity index is 1.50. The Labute approximate surface area is 203 Å². The van der Waals surface area contributed by atoms with E-state index in [0.29, 0.717) is 28.3 Å². The highest BCUT2D eigenvalue weighted by Gasteiger charge is 2.18. The quantitative estimate of drug-likeness (QED) is 0.352. The van der Waals surface area contributed by atoms with Gasteiger partial charge >= 0.3 is 0 Å². The van der Waals surface area contributed by atoms with Gasteiger partial charge in [0.1, 0.15) is 11.6 Å². The number of halogens is 1. The Kier molecular flexibility index (Phi) is 7.53. The Hall–Kier alpha value is -4.45. The van der Waals surface area contributed by atoms with Gasteiger partial charge in [-0.15, -0.1) is 0 Å². The molecule has 0 spiro atoms. The molecular weight excluding hydrogens is 443 g/mol. The predicted octanol–water partition coefficient (Wildman–Crippen LogP) is 5.86. The second-order valence-corrected chi connectivity index (χ2v) is 8.01. The molecule has 0 radical (unpaired) electrons. The fourth-order valence-electron chi connectivity index (χ4n) is 3.69. The van der Waals surface area contributed by atoms with Gasteiger partial charge in [-0.2, -0.15) is 0 Å². The molecule has 0 aliphatic rings. The first-order chi connectivity index (χ1) is 17.0. The van der Waals surface area contributed by atoms with Crippen LogP contribution in [0.5, 0.6) is 5.75 Å². The lowest BCUT2D eigenvalue weighted by molar-refractivity contribution is -0.115. The van der Waals surface area contributed by atoms with Crippen LogP contribution in [-0.2, 0) is 17.8 Å². The lowest BCUT2D eigenvalue weighted by atomic mass is 10.1. The Morgan fingerprint density at radius 1 is 0.829 bits per heavy atom. The molecule has 0 aliphatic heterocycles. The summed E-state index contributed by atoms with van der Waals surface area (Å²) in [5.41, 5.74) is 3.35. The SMILES string of the molecule is COc1ccc(NC(=O)Cc2ccc(N(Cc3cccc(F)c3)C(=O)c3ccccc3)cc2)cc1. The molecule has 6 heteroatoms. The Bertz CT molecular complexity index is 1290. The van der Waals surface area contributed by atoms with E-state index in [1.807, 2.05) is 18.2 Å². The highest BCUT2D eigenvalue weighted by molar-refractivity contribution is 6.06. The fourth-order valence-corrected chi connectivity index (χ4v) is 3.69. The normalized spacial score (nSPS) is 10.5. The second-order valence-electron chi connectivity index (χ2n) is 8.01. The number of nitrogens with zero attached hydrogens (tertiary/aromatic N) is 1. The highest BCUT2D eigenvalue weighted by atomic mass is 19.1. The highest BCUT2D eigenvalue weighted by Crippen LogP contribution is 2.22. The first-order valence-electron chi connectivity index (χ1n) is 11.2. The number of rotatable bonds is 8. The van der Waals surface area contributed by atoms with Crippen LogP contribution >= 0.6 is 0 Å². The summed E-state index contributed by atoms with van der Waals surface area (Å²) in [4.78, 5) is 27.4. The minimum Gasteiger partial charge on any atom is -0.497 e. The maximum atomic E-state index is 13.8. The standard InChI is InChI=1S/C29H25FN2O3/c1-35-27-16-12-25(13-17-27)31-28(33)19-21-10-14-26(15-11-21)32(20-22-6-5-9-24(30)18-22)29(34)23-7-3-2-4-8-23/h2-18H,19-20H2,1H3,(H,31,33). The molecule has 4 rings (SSSR count). The molecule has 0 saturated heterocycles. The van der Waals surface area contributed by atoms with Crippen LogP contribution in [0.1, 0.15) is 21.5 Å². The minimum absolute atomic E-state index is 0.153. The molecule has 176 valence electrons. The van der Waals surface area contributed by atoms with Crippen LogP contribution in [0.3, 0.4) is 0 Å². The number of anilines is 2. The predicted molar refractivity (Wildman–Crippen MR) is 135 cm³/mol. The van der Waals surface area contributed by atoms with Gasteiger partial charge in [0.15, 0.2) is 0 Å². The van der Waals surface area contributed by atoms with Crippen molar-refractivity contribution < 1.29 is 18.7 Å². The number of amides is 2. The van der Waals surface area contributed by atoms with Crippen LogP contribution < -0.4 is 15.0 Å². The average molecular weight is 469 g/mol. The van der Waals surface area contributed by atoms with Crippen LogP contribution in [0.4, 0.5) is 15.8 Å². The number of hydrogen-bond donors (Lipinski definition) is 1. The van der Waals surface area contributed by atoms with Gasteiger partial charge in [0.05, 0.1) is 20.1 Å². The number of methoxy groups -OCH3 is 1. The van der Waals surface area contributed by atoms with Gasteiger partial charge in [-0.25, -0.2) is 4.39 Å². The first kappa shape index (κ1) is 23.7. The van der Waals surface area contributed by atoms with Crippen molar-refractivity contribution in [1.82, 2.24) is 0 Å². The van der Waals surface area contributed by atoms with E-state index in [9.17, 15) is 14.0 Å². The van der Waals surface area contributed by atoms with E-state index in [1.54, 1.807) is 84.8 Å². The van der Waals surface area contributed by atoms with Gasteiger partial charge < -0.3 is 15.0 Å². The van der Waals surface area contributed by atoms with E-state index >= 15 is 0 Å². The van der Waals surface area contributed by atoms with Crippen LogP contribution in [0.25, 0.3) is 0 Å². The van der Waals surface area contributed by atoms with E-state index in [2.05, 4.69) is 5.32 Å². The third-order valence-corrected chi connectivity index (χ3v) is 5.48. The molecule has 0 aliphatic carbocycles. The van der Waals surface area contributed by atoms with E-state index in [4.69, 9.17) is 4.74 Å². The zero-order chi connectivity index (χ0) is 24.6. The third-order valence-electron chi connectivity index (χ3n) is 5.48. The molecule has 0 unspecified atom stereocenters. The number of carbonyl (C=O) groups excluding carboxylic acids is 2. The molecule has 0 atom stereocenters. The summed E-state index contributed by atoms with van der Waals surface area (Å²) >= 11 is 0. The Morgan fingerprint density at radius 3 is 2.20 bits per heavy atom. The van der Waals surface area contributed by atoms with Crippen molar-refractivity contribution >= 4 is 23.2 Å². The van der Waals surface area contributed by atoms with E-state index in [0.717, 1.165) is 5.56 Å². The monoisotopic (exact) mass is 468 g/mol. The summed E-state index contributed by atoms with van der Waals surface area (Å²) in [5.74, 6) is 0.0130. The van der Waals surface area contributed by atoms with Gasteiger partial charge in [-0.1, -0.05) is 42.5 Å². The lowest BCUT2D eigenvalue weighted by Gasteiger charge is -2.23. The molecule has 4 aromatic rings. The van der Waals surface area contributed by atoms with Crippen molar-refractivity contribution in [2.75, 3.05) is 17.3 Å². The van der Waals surface area contributed by atoms with Crippen LogP contribution in [-0.4, -0.2) is 18.9 Å². The summed E-state index contributed by atoms with van der Waals surface area (Å²) < 4.78 is 18.9. The number of ether oxygens (including phenoxy) is 1. The van der Waals surface area contributed by atoms with Crippen molar-refractivity contribution in [3.8, 4) is 5.75 Å². The molecule has 35 heavy (non-hydrogen) atoms. The maximum absolute atomic E-state index is 13.8. The maximum Gasteiger partial charge on any atom is 0.258 e. The first-order valence-corrected chi connectivity index (χ1v) is 11.2. The summed E-state index contributed by atoms with van der Waals surface area (Å²) in [6.45, 7) is 0.211. The van der Waals surface area contributed by atoms with Crippen LogP contribution in [0.15, 0.2) is 103 Å². The van der Waals surface area contributed by atoms with Crippen molar-refractivity contribution in [2.24, 2.45) is 0 Å². The van der Waals surface area contributed by atoms with Gasteiger partial charge in [-0.3, -0.25) is 9.59 Å². The van der Waals surface area contributed by atoms with Crippen molar-refractivity contribution in [3.05, 3.63) is 126 Å². The average Bonchev–Trinajstić information content (AvgIpc) is 2.88. The third kappa shape index (κ3) is 6.32. The number of nitrogens with one attached hydrogen (secondary N) is 1. The molecule has 4 aromatic carbocycles. The van der Waals surface area contributed by atoms with E-state index < -0.39 is 0 Å². The Morgan fingerprint density at radius 2 is 1.54 bits per heavy atom. The smallest absolute Gasteiger partial charge is 0.258 e. The minimum atomic E-state index is -0.354. The largest absolute Gasteiger partial charge is 0.497 e. The number of benzene rings is 4. The molecule has 2 amide bonds. The van der Waals surface area contributed by atoms with Crippen molar-refractivity contribution in [2.45, 2.75) is 13.0 Å². The second kappa shape index (κ2) is 11.1. The molecule has 0 aromatic heterocycles. The zero-order valence-electron chi connectivity index (χ0n) is 19.3. The number of carbonyl (C=O) groups is 2. The molecular formula is C29H25FN2O3. The van der Waals surface area contributed by atoms with E-state index in [1.165, 1.54) is 12.1 Å². The van der Waals surface area contributed by atoms with Gasteiger partial charge in [0.2, 0.25) is 5.91 Å². The molecule has 5 nitrogen and oxygen atoms in total. The molecule has 0 heterocycles.